The van der Waals surface area contributed by atoms with Crippen LogP contribution in [0.3, 0.4) is 0 Å². The molecule has 8 nitrogen and oxygen atoms in total. The van der Waals surface area contributed by atoms with Crippen molar-refractivity contribution in [1.29, 1.82) is 0 Å². The highest BCUT2D eigenvalue weighted by atomic mass is 19.1. The number of methoxy groups -OCH3 is 1. The van der Waals surface area contributed by atoms with E-state index in [0.717, 1.165) is 31.7 Å². The smallest absolute Gasteiger partial charge is 0.309 e. The van der Waals surface area contributed by atoms with Crippen LogP contribution < -0.4 is 20.1 Å². The Bertz CT molecular complexity index is 1190. The number of aliphatic carboxylic acids is 1. The SMILES string of the molecule is COc1cc(F)c(OC2CCC(C)(C(=O)O)CC2)cc1C(=O)NC1C(C(=O)NCC2(C)CCC2)[C@@H]2C=C[C@H]1CC2. The molecule has 2 bridgehead atoms. The van der Waals surface area contributed by atoms with Gasteiger partial charge in [-0.05, 0) is 81.6 Å². The third kappa shape index (κ3) is 5.56. The summed E-state index contributed by atoms with van der Waals surface area (Å²) >= 11 is 0. The van der Waals surface area contributed by atoms with Gasteiger partial charge in [0.15, 0.2) is 11.6 Å². The largest absolute Gasteiger partial charge is 0.496 e. The first kappa shape index (κ1) is 28.4. The lowest BCUT2D eigenvalue weighted by molar-refractivity contribution is -0.150. The average molecular weight is 557 g/mol. The van der Waals surface area contributed by atoms with E-state index in [4.69, 9.17) is 9.47 Å². The number of amides is 2. The quantitative estimate of drug-likeness (QED) is 0.374. The second-order valence-electron chi connectivity index (χ2n) is 12.9. The van der Waals surface area contributed by atoms with Gasteiger partial charge in [0.25, 0.3) is 5.91 Å². The number of ether oxygens (including phenoxy) is 2. The number of hydrogen-bond acceptors (Lipinski definition) is 5. The number of allylic oxidation sites excluding steroid dienone is 1. The van der Waals surface area contributed by atoms with Crippen molar-refractivity contribution in [2.75, 3.05) is 13.7 Å². The summed E-state index contributed by atoms with van der Waals surface area (Å²) in [5.74, 6) is -2.22. The molecule has 0 aliphatic heterocycles. The van der Waals surface area contributed by atoms with Gasteiger partial charge in [0.1, 0.15) is 5.75 Å². The Morgan fingerprint density at radius 3 is 2.25 bits per heavy atom. The Labute approximate surface area is 235 Å². The first-order valence-electron chi connectivity index (χ1n) is 14.6. The van der Waals surface area contributed by atoms with Crippen LogP contribution >= 0.6 is 0 Å². The van der Waals surface area contributed by atoms with Gasteiger partial charge in [0.05, 0.1) is 30.1 Å². The highest BCUT2D eigenvalue weighted by molar-refractivity contribution is 5.98. The molecule has 5 aliphatic rings. The van der Waals surface area contributed by atoms with Crippen LogP contribution in [-0.2, 0) is 9.59 Å². The molecule has 218 valence electrons. The number of carboxylic acid groups (broad SMARTS) is 1. The van der Waals surface area contributed by atoms with Crippen molar-refractivity contribution in [3.05, 3.63) is 35.7 Å². The van der Waals surface area contributed by atoms with Crippen molar-refractivity contribution in [2.45, 2.75) is 83.8 Å². The topological polar surface area (TPSA) is 114 Å². The number of hydrogen-bond donors (Lipinski definition) is 3. The molecule has 2 amide bonds. The molecule has 0 aromatic heterocycles. The van der Waals surface area contributed by atoms with E-state index in [1.165, 1.54) is 19.6 Å². The van der Waals surface area contributed by atoms with E-state index < -0.39 is 23.1 Å². The predicted molar refractivity (Wildman–Crippen MR) is 147 cm³/mol. The van der Waals surface area contributed by atoms with Crippen LogP contribution in [0.4, 0.5) is 4.39 Å². The van der Waals surface area contributed by atoms with Gasteiger partial charge in [-0.25, -0.2) is 4.39 Å². The second-order valence-corrected chi connectivity index (χ2v) is 12.9. The van der Waals surface area contributed by atoms with Crippen molar-refractivity contribution >= 4 is 17.8 Å². The highest BCUT2D eigenvalue weighted by Gasteiger charge is 2.46. The van der Waals surface area contributed by atoms with E-state index >= 15 is 0 Å². The zero-order valence-electron chi connectivity index (χ0n) is 23.6. The Kier molecular flexibility index (Phi) is 7.86. The van der Waals surface area contributed by atoms with E-state index in [1.54, 1.807) is 6.92 Å². The molecule has 0 spiro atoms. The second kappa shape index (κ2) is 11.1. The normalized spacial score (nSPS) is 32.0. The molecule has 5 aliphatic carbocycles. The van der Waals surface area contributed by atoms with Gasteiger partial charge in [-0.1, -0.05) is 25.5 Å². The summed E-state index contributed by atoms with van der Waals surface area (Å²) in [4.78, 5) is 38.6. The van der Waals surface area contributed by atoms with E-state index in [-0.39, 0.29) is 58.3 Å². The van der Waals surface area contributed by atoms with Gasteiger partial charge < -0.3 is 25.2 Å². The molecule has 0 radical (unpaired) electrons. The molecule has 3 N–H and O–H groups in total. The van der Waals surface area contributed by atoms with Crippen molar-refractivity contribution in [2.24, 2.45) is 28.6 Å². The zero-order chi connectivity index (χ0) is 28.7. The molecular formula is C31H41FN2O6. The maximum atomic E-state index is 15.0. The number of fused-ring (bicyclic) bond motifs is 2. The summed E-state index contributed by atoms with van der Waals surface area (Å²) in [7, 11) is 1.38. The minimum absolute atomic E-state index is 0.0294. The maximum absolute atomic E-state index is 15.0. The molecule has 9 heteroatoms. The van der Waals surface area contributed by atoms with Crippen LogP contribution in [0.2, 0.25) is 0 Å². The summed E-state index contributed by atoms with van der Waals surface area (Å²) in [5, 5.41) is 15.8. The molecular weight excluding hydrogens is 515 g/mol. The number of rotatable bonds is 9. The summed E-state index contributed by atoms with van der Waals surface area (Å²) in [6.45, 7) is 4.56. The highest BCUT2D eigenvalue weighted by Crippen LogP contribution is 2.43. The number of carbonyl (C=O) groups excluding carboxylic acids is 2. The number of carboxylic acids is 1. The molecule has 1 aromatic rings. The fraction of sp³-hybridized carbons (Fsp3) is 0.645. The standard InChI is InChI=1S/C31H41FN2O6/c1-30(11-4-12-30)17-33-28(36)25-18-5-7-19(8-6-18)26(25)34-27(35)21-15-24(22(32)16-23(21)39-3)40-20-9-13-31(2,14-10-20)29(37)38/h5,7,15-16,18-20,25-26H,4,6,8-14,17H2,1-3H3,(H,33,36)(H,34,35)(H,37,38)/t18-,19+,20?,25?,26?,31?/m1/s1. The summed E-state index contributed by atoms with van der Waals surface area (Å²) in [5.41, 5.74) is -0.521. The summed E-state index contributed by atoms with van der Waals surface area (Å²) in [6, 6.07) is 2.12. The van der Waals surface area contributed by atoms with E-state index in [0.29, 0.717) is 32.2 Å². The Balaban J connectivity index is 1.31. The Morgan fingerprint density at radius 1 is 1.00 bits per heavy atom. The van der Waals surface area contributed by atoms with Crippen LogP contribution in [0.5, 0.6) is 11.5 Å². The van der Waals surface area contributed by atoms with Crippen LogP contribution in [0.25, 0.3) is 0 Å². The Morgan fingerprint density at radius 2 is 1.68 bits per heavy atom. The fourth-order valence-electron chi connectivity index (χ4n) is 6.86. The van der Waals surface area contributed by atoms with Crippen molar-refractivity contribution in [1.82, 2.24) is 10.6 Å². The lowest BCUT2D eigenvalue weighted by Crippen LogP contribution is -2.57. The van der Waals surface area contributed by atoms with Crippen molar-refractivity contribution < 1.29 is 33.4 Å². The van der Waals surface area contributed by atoms with Crippen molar-refractivity contribution in [3.63, 3.8) is 0 Å². The number of benzene rings is 1. The molecule has 3 fully saturated rings. The number of halogens is 1. The fourth-order valence-corrected chi connectivity index (χ4v) is 6.86. The van der Waals surface area contributed by atoms with Gasteiger partial charge in [0.2, 0.25) is 5.91 Å². The minimum Gasteiger partial charge on any atom is -0.496 e. The molecule has 2 unspecified atom stereocenters. The third-order valence-corrected chi connectivity index (χ3v) is 9.94. The van der Waals surface area contributed by atoms with E-state index in [9.17, 15) is 23.9 Å². The van der Waals surface area contributed by atoms with Crippen LogP contribution in [0.1, 0.15) is 82.0 Å². The summed E-state index contributed by atoms with van der Waals surface area (Å²) < 4.78 is 26.3. The summed E-state index contributed by atoms with van der Waals surface area (Å²) in [6.07, 6.45) is 10.9. The van der Waals surface area contributed by atoms with Gasteiger partial charge in [-0.15, -0.1) is 0 Å². The third-order valence-electron chi connectivity index (χ3n) is 9.94. The molecule has 1 aromatic carbocycles. The molecule has 0 saturated heterocycles. The van der Waals surface area contributed by atoms with Gasteiger partial charge in [-0.2, -0.15) is 0 Å². The van der Waals surface area contributed by atoms with Crippen LogP contribution in [0.15, 0.2) is 24.3 Å². The lowest BCUT2D eigenvalue weighted by atomic mass is 9.65. The van der Waals surface area contributed by atoms with Crippen LogP contribution in [0, 0.1) is 34.4 Å². The van der Waals surface area contributed by atoms with Crippen molar-refractivity contribution in [3.8, 4) is 11.5 Å². The van der Waals surface area contributed by atoms with Crippen LogP contribution in [-0.4, -0.2) is 48.7 Å². The lowest BCUT2D eigenvalue weighted by Gasteiger charge is -2.45. The van der Waals surface area contributed by atoms with E-state index in [2.05, 4.69) is 29.7 Å². The molecule has 3 saturated carbocycles. The van der Waals surface area contributed by atoms with Gasteiger partial charge in [-0.3, -0.25) is 14.4 Å². The van der Waals surface area contributed by atoms with E-state index in [1.807, 2.05) is 0 Å². The first-order valence-corrected chi connectivity index (χ1v) is 14.6. The monoisotopic (exact) mass is 556 g/mol. The van der Waals surface area contributed by atoms with Gasteiger partial charge in [0, 0.05) is 18.7 Å². The number of carbonyl (C=O) groups is 3. The molecule has 6 rings (SSSR count). The first-order chi connectivity index (χ1) is 19.0. The molecule has 0 heterocycles. The predicted octanol–water partition coefficient (Wildman–Crippen LogP) is 4.86. The Hall–Kier alpha value is -3.10. The molecule has 4 atom stereocenters. The number of nitrogens with one attached hydrogen (secondary N) is 2. The average Bonchev–Trinajstić information content (AvgIpc) is 2.93. The minimum atomic E-state index is -0.837. The maximum Gasteiger partial charge on any atom is 0.309 e. The zero-order valence-corrected chi connectivity index (χ0v) is 23.6. The van der Waals surface area contributed by atoms with Gasteiger partial charge >= 0.3 is 5.97 Å². The molecule has 40 heavy (non-hydrogen) atoms.